The first-order valence-electron chi connectivity index (χ1n) is 15.8. The molecule has 5 heteroatoms. The quantitative estimate of drug-likeness (QED) is 0.132. The van der Waals surface area contributed by atoms with Crippen molar-refractivity contribution >= 4 is 5.69 Å². The molecule has 3 aromatic rings. The largest absolute Gasteiger partial charge is 0.490 e. The first-order chi connectivity index (χ1) is 20.7. The fourth-order valence-corrected chi connectivity index (χ4v) is 6.39. The van der Waals surface area contributed by atoms with Gasteiger partial charge >= 0.3 is 0 Å². The number of likely N-dealkylation sites (tertiary alicyclic amines) is 1. The highest BCUT2D eigenvalue weighted by atomic mass is 16.5. The molecule has 2 atom stereocenters. The van der Waals surface area contributed by atoms with Crippen LogP contribution in [-0.4, -0.2) is 57.5 Å². The van der Waals surface area contributed by atoms with E-state index in [0.29, 0.717) is 18.4 Å². The van der Waals surface area contributed by atoms with Gasteiger partial charge in [-0.1, -0.05) is 73.7 Å². The zero-order valence-corrected chi connectivity index (χ0v) is 25.5. The van der Waals surface area contributed by atoms with E-state index in [4.69, 9.17) is 14.2 Å². The Balaban J connectivity index is 1.19. The second-order valence-corrected chi connectivity index (χ2v) is 11.8. The number of benzene rings is 3. The van der Waals surface area contributed by atoms with E-state index in [2.05, 4.69) is 96.1 Å². The fourth-order valence-electron chi connectivity index (χ4n) is 6.39. The van der Waals surface area contributed by atoms with Gasteiger partial charge in [-0.3, -0.25) is 4.90 Å². The minimum Gasteiger partial charge on any atom is -0.490 e. The monoisotopic (exact) mass is 568 g/mol. The molecule has 0 radical (unpaired) electrons. The molecule has 0 amide bonds. The summed E-state index contributed by atoms with van der Waals surface area (Å²) in [6.45, 7) is 13.5. The molecule has 0 aromatic heterocycles. The van der Waals surface area contributed by atoms with Crippen LogP contribution in [0.4, 0.5) is 5.69 Å². The molecule has 5 rings (SSSR count). The van der Waals surface area contributed by atoms with Gasteiger partial charge in [-0.25, -0.2) is 0 Å². The molecule has 0 unspecified atom stereocenters. The molecule has 0 aliphatic carbocycles. The number of ether oxygens (including phenoxy) is 3. The van der Waals surface area contributed by atoms with E-state index in [0.717, 1.165) is 77.4 Å². The second-order valence-electron chi connectivity index (χ2n) is 11.8. The minimum absolute atomic E-state index is 0.142. The minimum atomic E-state index is 0.142. The highest BCUT2D eigenvalue weighted by Gasteiger charge is 2.28. The van der Waals surface area contributed by atoms with Crippen molar-refractivity contribution in [3.8, 4) is 5.75 Å². The van der Waals surface area contributed by atoms with Crippen LogP contribution in [0, 0.1) is 0 Å². The number of rotatable bonds is 16. The van der Waals surface area contributed by atoms with E-state index in [-0.39, 0.29) is 6.10 Å². The van der Waals surface area contributed by atoms with Crippen LogP contribution in [-0.2, 0) is 22.6 Å². The number of anilines is 1. The smallest absolute Gasteiger partial charge is 0.142 e. The summed E-state index contributed by atoms with van der Waals surface area (Å²) < 4.78 is 17.9. The summed E-state index contributed by atoms with van der Waals surface area (Å²) >= 11 is 0. The third-order valence-corrected chi connectivity index (χ3v) is 8.80. The molecule has 224 valence electrons. The maximum atomic E-state index is 6.67. The van der Waals surface area contributed by atoms with Gasteiger partial charge in [-0.2, -0.15) is 0 Å². The van der Waals surface area contributed by atoms with Crippen molar-refractivity contribution < 1.29 is 14.2 Å². The number of hydrogen-bond donors (Lipinski definition) is 0. The Bertz CT molecular complexity index is 1240. The molecule has 1 fully saturated rings. The lowest BCUT2D eigenvalue weighted by Crippen LogP contribution is -2.44. The van der Waals surface area contributed by atoms with Gasteiger partial charge in [0.05, 0.1) is 24.9 Å². The van der Waals surface area contributed by atoms with E-state index >= 15 is 0 Å². The average Bonchev–Trinajstić information content (AvgIpc) is 3.01. The van der Waals surface area contributed by atoms with Crippen molar-refractivity contribution in [1.82, 2.24) is 4.90 Å². The maximum absolute atomic E-state index is 6.67. The molecule has 0 N–H and O–H groups in total. The summed E-state index contributed by atoms with van der Waals surface area (Å²) in [5.74, 6) is 1.96. The Labute approximate surface area is 253 Å². The summed E-state index contributed by atoms with van der Waals surface area (Å²) in [7, 11) is 1.76. The highest BCUT2D eigenvalue weighted by molar-refractivity contribution is 5.61. The van der Waals surface area contributed by atoms with Gasteiger partial charge in [0.15, 0.2) is 0 Å². The van der Waals surface area contributed by atoms with E-state index in [1.165, 1.54) is 27.9 Å². The van der Waals surface area contributed by atoms with E-state index in [1.807, 2.05) is 6.08 Å². The van der Waals surface area contributed by atoms with Gasteiger partial charge in [-0.15, -0.1) is 6.58 Å². The molecule has 0 bridgehead atoms. The summed E-state index contributed by atoms with van der Waals surface area (Å²) in [6.07, 6.45) is 6.16. The average molecular weight is 569 g/mol. The number of methoxy groups -OCH3 is 1. The number of fused-ring (bicyclic) bond motifs is 1. The summed E-state index contributed by atoms with van der Waals surface area (Å²) in [5, 5.41) is 0. The molecule has 5 nitrogen and oxygen atoms in total. The van der Waals surface area contributed by atoms with Crippen LogP contribution in [0.1, 0.15) is 66.7 Å². The maximum Gasteiger partial charge on any atom is 0.142 e. The van der Waals surface area contributed by atoms with Crippen LogP contribution in [0.15, 0.2) is 85.5 Å². The molecular formula is C37H48N2O3. The van der Waals surface area contributed by atoms with Crippen LogP contribution in [0.5, 0.6) is 5.75 Å². The highest BCUT2D eigenvalue weighted by Crippen LogP contribution is 2.35. The molecular weight excluding hydrogens is 520 g/mol. The van der Waals surface area contributed by atoms with Crippen LogP contribution >= 0.6 is 0 Å². The van der Waals surface area contributed by atoms with Crippen molar-refractivity contribution in [2.24, 2.45) is 0 Å². The number of nitrogens with zero attached hydrogens (tertiary/aromatic N) is 2. The van der Waals surface area contributed by atoms with E-state index < -0.39 is 0 Å². The standard InChI is InChI=1S/C37H48N2O3/c1-4-6-13-34(32-17-14-29(15-18-32)25-38-26-33(27-38)31-11-8-7-9-12-31)36(5-2)42-28-30-16-19-37-35(24-30)39(21-23-41-37)20-10-22-40-3/h4,7-9,11-12,14-19,24,33-34,36H,1,5-6,10,13,20-23,25-28H2,2-3H3/t34-,36+/m1/s1. The van der Waals surface area contributed by atoms with Crippen molar-refractivity contribution in [2.75, 3.05) is 51.4 Å². The van der Waals surface area contributed by atoms with Crippen molar-refractivity contribution in [3.63, 3.8) is 0 Å². The lowest BCUT2D eigenvalue weighted by atomic mass is 9.87. The number of hydrogen-bond acceptors (Lipinski definition) is 5. The van der Waals surface area contributed by atoms with Crippen LogP contribution in [0.25, 0.3) is 0 Å². The molecule has 42 heavy (non-hydrogen) atoms. The SMILES string of the molecule is C=CCC[C@H](c1ccc(CN2CC(c3ccccc3)C2)cc1)[C@H](CC)OCc1ccc2c(c1)N(CCCOC)CCO2. The zero-order valence-electron chi connectivity index (χ0n) is 25.5. The van der Waals surface area contributed by atoms with Gasteiger partial charge in [-0.05, 0) is 60.1 Å². The lowest BCUT2D eigenvalue weighted by Gasteiger charge is -2.39. The Kier molecular flexibility index (Phi) is 11.1. The molecule has 2 aliphatic heterocycles. The topological polar surface area (TPSA) is 34.2 Å². The fraction of sp³-hybridized carbons (Fsp3) is 0.459. The molecule has 0 saturated carbocycles. The van der Waals surface area contributed by atoms with Gasteiger partial charge in [0.2, 0.25) is 0 Å². The van der Waals surface area contributed by atoms with Crippen molar-refractivity contribution in [1.29, 1.82) is 0 Å². The third kappa shape index (κ3) is 7.83. The van der Waals surface area contributed by atoms with Gasteiger partial charge in [0.25, 0.3) is 0 Å². The summed E-state index contributed by atoms with van der Waals surface area (Å²) in [5.41, 5.74) is 6.57. The van der Waals surface area contributed by atoms with Crippen molar-refractivity contribution in [2.45, 2.75) is 63.7 Å². The van der Waals surface area contributed by atoms with Crippen molar-refractivity contribution in [3.05, 3.63) is 108 Å². The first kappa shape index (κ1) is 30.3. The third-order valence-electron chi connectivity index (χ3n) is 8.80. The Hall–Kier alpha value is -3.12. The lowest BCUT2D eigenvalue weighted by molar-refractivity contribution is 0.0177. The Morgan fingerprint density at radius 2 is 1.81 bits per heavy atom. The Morgan fingerprint density at radius 3 is 2.55 bits per heavy atom. The predicted octanol–water partition coefficient (Wildman–Crippen LogP) is 7.57. The Morgan fingerprint density at radius 1 is 1.02 bits per heavy atom. The predicted molar refractivity (Wildman–Crippen MR) is 173 cm³/mol. The first-order valence-corrected chi connectivity index (χ1v) is 15.8. The van der Waals surface area contributed by atoms with Gasteiger partial charge in [0, 0.05) is 51.7 Å². The number of allylic oxidation sites excluding steroid dienone is 1. The molecule has 2 heterocycles. The molecule has 3 aromatic carbocycles. The van der Waals surface area contributed by atoms with E-state index in [1.54, 1.807) is 7.11 Å². The van der Waals surface area contributed by atoms with E-state index in [9.17, 15) is 0 Å². The summed E-state index contributed by atoms with van der Waals surface area (Å²) in [6, 6.07) is 26.7. The van der Waals surface area contributed by atoms with Crippen LogP contribution in [0.3, 0.4) is 0 Å². The van der Waals surface area contributed by atoms with Gasteiger partial charge < -0.3 is 19.1 Å². The normalized spacial score (nSPS) is 16.8. The summed E-state index contributed by atoms with van der Waals surface area (Å²) in [4.78, 5) is 4.96. The molecule has 2 aliphatic rings. The molecule has 1 saturated heterocycles. The molecule has 0 spiro atoms. The zero-order chi connectivity index (χ0) is 29.1. The van der Waals surface area contributed by atoms with Crippen LogP contribution in [0.2, 0.25) is 0 Å². The van der Waals surface area contributed by atoms with Gasteiger partial charge in [0.1, 0.15) is 12.4 Å². The second kappa shape index (κ2) is 15.4. The van der Waals surface area contributed by atoms with Crippen LogP contribution < -0.4 is 9.64 Å².